The largest absolute Gasteiger partial charge is 0.453 e. The summed E-state index contributed by atoms with van der Waals surface area (Å²) >= 11 is 1.27. The summed E-state index contributed by atoms with van der Waals surface area (Å²) in [6.07, 6.45) is 1.52. The zero-order chi connectivity index (χ0) is 15.0. The van der Waals surface area contributed by atoms with Crippen LogP contribution in [0.3, 0.4) is 0 Å². The van der Waals surface area contributed by atoms with E-state index in [4.69, 9.17) is 12.6 Å². The summed E-state index contributed by atoms with van der Waals surface area (Å²) in [5.41, 5.74) is 0.317. The van der Waals surface area contributed by atoms with E-state index in [-0.39, 0.29) is 11.4 Å². The molecule has 0 unspecified atom stereocenters. The number of ether oxygens (including phenoxy) is 1. The van der Waals surface area contributed by atoms with E-state index in [0.29, 0.717) is 20.7 Å². The van der Waals surface area contributed by atoms with Crippen LogP contribution in [0.4, 0.5) is 10.1 Å². The average Bonchev–Trinajstić information content (AvgIpc) is 2.82. The lowest BCUT2D eigenvalue weighted by Crippen LogP contribution is -1.92. The lowest BCUT2D eigenvalue weighted by Gasteiger charge is -2.07. The number of thiophene rings is 1. The lowest BCUT2D eigenvalue weighted by molar-refractivity contribution is -0.385. The van der Waals surface area contributed by atoms with Gasteiger partial charge in [-0.25, -0.2) is 4.39 Å². The van der Waals surface area contributed by atoms with Crippen LogP contribution in [-0.2, 0) is 0 Å². The van der Waals surface area contributed by atoms with Crippen LogP contribution in [0, 0.1) is 15.9 Å². The Hall–Kier alpha value is -2.48. The van der Waals surface area contributed by atoms with Crippen molar-refractivity contribution in [3.8, 4) is 11.5 Å². The number of halogens is 1. The van der Waals surface area contributed by atoms with Gasteiger partial charge in [-0.15, -0.1) is 11.3 Å². The van der Waals surface area contributed by atoms with E-state index in [1.165, 1.54) is 29.7 Å². The Morgan fingerprint density at radius 3 is 2.81 bits per heavy atom. The number of hydrogen-bond donors (Lipinski definition) is 0. The fraction of sp³-hybridized carbons (Fsp3) is 0. The fourth-order valence-corrected chi connectivity index (χ4v) is 2.65. The molecule has 0 spiro atoms. The van der Waals surface area contributed by atoms with E-state index < -0.39 is 10.7 Å². The third kappa shape index (κ3) is 2.57. The summed E-state index contributed by atoms with van der Waals surface area (Å²) in [5.74, 6) is -0.506. The summed E-state index contributed by atoms with van der Waals surface area (Å²) in [5, 5.41) is 10.6. The molecule has 0 amide bonds. The average molecular weight is 300 g/mol. The molecule has 0 saturated carbocycles. The predicted molar refractivity (Wildman–Crippen MR) is 78.1 cm³/mol. The highest BCUT2D eigenvalue weighted by Crippen LogP contribution is 2.33. The Balaban J connectivity index is 2.00. The minimum absolute atomic E-state index is 0.0972. The molecular weight excluding hydrogens is 294 g/mol. The van der Waals surface area contributed by atoms with Gasteiger partial charge in [-0.1, -0.05) is 0 Å². The van der Waals surface area contributed by atoms with E-state index in [9.17, 15) is 14.5 Å². The summed E-state index contributed by atoms with van der Waals surface area (Å²) in [6.45, 7) is 0. The quantitative estimate of drug-likeness (QED) is 0.424. The maximum absolute atomic E-state index is 13.8. The Bertz CT molecular complexity index is 853. The first-order chi connectivity index (χ1) is 10.0. The second-order valence-corrected chi connectivity index (χ2v) is 5.23. The van der Waals surface area contributed by atoms with Crippen molar-refractivity contribution in [3.63, 3.8) is 0 Å². The van der Waals surface area contributed by atoms with Crippen molar-refractivity contribution < 1.29 is 14.1 Å². The molecule has 0 fully saturated rings. The number of nitrogens with zero attached hydrogens (tertiary/aromatic N) is 2. The minimum Gasteiger partial charge on any atom is -0.453 e. The van der Waals surface area contributed by atoms with Gasteiger partial charge in [0.2, 0.25) is 0 Å². The van der Waals surface area contributed by atoms with Gasteiger partial charge in [-0.2, -0.15) is 0 Å². The molecule has 1 aromatic carbocycles. The van der Waals surface area contributed by atoms with Gasteiger partial charge < -0.3 is 4.74 Å². The molecule has 2 aromatic heterocycles. The van der Waals surface area contributed by atoms with Crippen LogP contribution in [-0.4, -0.2) is 17.8 Å². The molecule has 0 saturated heterocycles. The molecule has 5 nitrogen and oxygen atoms in total. The van der Waals surface area contributed by atoms with Crippen LogP contribution < -0.4 is 9.51 Å². The molecule has 3 rings (SSSR count). The third-order valence-electron chi connectivity index (χ3n) is 2.74. The van der Waals surface area contributed by atoms with Crippen molar-refractivity contribution in [2.75, 3.05) is 0 Å². The van der Waals surface area contributed by atoms with Crippen molar-refractivity contribution in [1.82, 2.24) is 4.98 Å². The summed E-state index contributed by atoms with van der Waals surface area (Å²) in [7, 11) is 5.71. The number of non-ortho nitro benzene ring substituents is 1. The molecule has 8 heteroatoms. The van der Waals surface area contributed by atoms with Crippen LogP contribution in [0.15, 0.2) is 36.5 Å². The molecule has 2 heterocycles. The number of fused-ring (bicyclic) bond motifs is 1. The van der Waals surface area contributed by atoms with Gasteiger partial charge >= 0.3 is 0 Å². The number of aromatic nitrogens is 1. The molecular formula is C13H6BFN2O3S. The number of hydrogen-bond acceptors (Lipinski definition) is 5. The van der Waals surface area contributed by atoms with Gasteiger partial charge in [0.15, 0.2) is 11.6 Å². The van der Waals surface area contributed by atoms with Crippen LogP contribution in [0.25, 0.3) is 10.2 Å². The lowest BCUT2D eigenvalue weighted by atomic mass is 10.1. The van der Waals surface area contributed by atoms with Crippen LogP contribution in [0.5, 0.6) is 11.5 Å². The topological polar surface area (TPSA) is 65.3 Å². The molecule has 102 valence electrons. The molecule has 0 aliphatic heterocycles. The van der Waals surface area contributed by atoms with Crippen molar-refractivity contribution in [3.05, 3.63) is 52.5 Å². The van der Waals surface area contributed by atoms with E-state index in [1.54, 1.807) is 12.1 Å². The first-order valence-corrected chi connectivity index (χ1v) is 6.62. The van der Waals surface area contributed by atoms with Crippen LogP contribution in [0.2, 0.25) is 0 Å². The number of rotatable bonds is 3. The molecule has 21 heavy (non-hydrogen) atoms. The van der Waals surface area contributed by atoms with Crippen molar-refractivity contribution >= 4 is 39.9 Å². The molecule has 0 aliphatic carbocycles. The van der Waals surface area contributed by atoms with Gasteiger partial charge in [0.05, 0.1) is 21.2 Å². The molecule has 3 aromatic rings. The summed E-state index contributed by atoms with van der Waals surface area (Å²) < 4.78 is 20.6. The number of nitro groups is 1. The maximum Gasteiger partial charge on any atom is 0.272 e. The smallest absolute Gasteiger partial charge is 0.272 e. The fourth-order valence-electron chi connectivity index (χ4n) is 1.82. The van der Waals surface area contributed by atoms with Crippen molar-refractivity contribution in [2.45, 2.75) is 0 Å². The summed E-state index contributed by atoms with van der Waals surface area (Å²) in [4.78, 5) is 14.0. The Kier molecular flexibility index (Phi) is 3.30. The predicted octanol–water partition coefficient (Wildman–Crippen LogP) is 2.93. The second-order valence-electron chi connectivity index (χ2n) is 4.15. The number of nitro benzene ring substituents is 1. The van der Waals surface area contributed by atoms with Gasteiger partial charge in [0.1, 0.15) is 13.6 Å². The van der Waals surface area contributed by atoms with Gasteiger partial charge in [-0.3, -0.25) is 15.1 Å². The molecule has 0 aliphatic rings. The van der Waals surface area contributed by atoms with E-state index >= 15 is 0 Å². The molecule has 2 radical (unpaired) electrons. The molecule has 0 N–H and O–H groups in total. The van der Waals surface area contributed by atoms with E-state index in [0.717, 1.165) is 6.07 Å². The monoisotopic (exact) mass is 300 g/mol. The van der Waals surface area contributed by atoms with Crippen molar-refractivity contribution in [2.24, 2.45) is 0 Å². The third-order valence-corrected chi connectivity index (χ3v) is 3.71. The van der Waals surface area contributed by atoms with E-state index in [1.807, 2.05) is 0 Å². The van der Waals surface area contributed by atoms with Crippen LogP contribution >= 0.6 is 11.3 Å². The Morgan fingerprint density at radius 2 is 2.10 bits per heavy atom. The highest BCUT2D eigenvalue weighted by Gasteiger charge is 2.14. The van der Waals surface area contributed by atoms with Gasteiger partial charge in [0.25, 0.3) is 5.69 Å². The summed E-state index contributed by atoms with van der Waals surface area (Å²) in [6, 6.07) is 6.49. The Labute approximate surface area is 123 Å². The van der Waals surface area contributed by atoms with Crippen LogP contribution in [0.1, 0.15) is 0 Å². The van der Waals surface area contributed by atoms with Gasteiger partial charge in [0, 0.05) is 18.3 Å². The zero-order valence-electron chi connectivity index (χ0n) is 10.4. The normalized spacial score (nSPS) is 10.7. The second kappa shape index (κ2) is 5.14. The highest BCUT2D eigenvalue weighted by molar-refractivity contribution is 7.26. The highest BCUT2D eigenvalue weighted by atomic mass is 32.1. The molecule has 0 atom stereocenters. The van der Waals surface area contributed by atoms with Crippen molar-refractivity contribution in [1.29, 1.82) is 0 Å². The number of pyridine rings is 1. The SMILES string of the molecule is [B]c1cc2nccc(Oc3ccc([N+](=O)[O-])cc3F)c2s1. The maximum atomic E-state index is 13.8. The first-order valence-electron chi connectivity index (χ1n) is 5.80. The van der Waals surface area contributed by atoms with Gasteiger partial charge in [-0.05, 0) is 16.9 Å². The minimum atomic E-state index is -0.807. The zero-order valence-corrected chi connectivity index (χ0v) is 11.3. The standard InChI is InChI=1S/C13H6BFN2O3S/c14-12-6-9-13(21-12)11(3-4-16-9)20-10-2-1-7(17(18)19)5-8(10)15/h1-6H. The first kappa shape index (κ1) is 13.5. The number of benzene rings is 1. The Morgan fingerprint density at radius 1 is 1.29 bits per heavy atom. The molecule has 0 bridgehead atoms. The van der Waals surface area contributed by atoms with E-state index in [2.05, 4.69) is 4.98 Å².